The topological polar surface area (TPSA) is 84.1 Å². The van der Waals surface area contributed by atoms with Gasteiger partial charge in [0.25, 0.3) is 11.5 Å². The molecule has 4 aliphatic carbocycles. The van der Waals surface area contributed by atoms with Crippen LogP contribution in [0.1, 0.15) is 60.4 Å². The van der Waals surface area contributed by atoms with E-state index >= 15 is 0 Å². The Kier molecular flexibility index (Phi) is 4.45. The highest BCUT2D eigenvalue weighted by Gasteiger charge is 2.51. The number of carbonyl (C=O) groups excluding carboxylic acids is 1. The molecule has 1 aromatic heterocycles. The fourth-order valence-corrected chi connectivity index (χ4v) is 6.21. The first-order chi connectivity index (χ1) is 14.0. The zero-order valence-electron chi connectivity index (χ0n) is 16.7. The number of rotatable bonds is 5. The lowest BCUT2D eigenvalue weighted by Crippen LogP contribution is -2.60. The van der Waals surface area contributed by atoms with Gasteiger partial charge in [0.05, 0.1) is 7.11 Å². The summed E-state index contributed by atoms with van der Waals surface area (Å²) in [6.07, 6.45) is 7.66. The smallest absolute Gasteiger partial charge is 0.270 e. The molecular formula is C23H27N3O3. The molecule has 0 atom stereocenters. The molecule has 6 nitrogen and oxygen atoms in total. The number of H-pyrrole nitrogens is 1. The Morgan fingerprint density at radius 3 is 2.34 bits per heavy atom. The van der Waals surface area contributed by atoms with Gasteiger partial charge in [0, 0.05) is 18.0 Å². The van der Waals surface area contributed by atoms with Gasteiger partial charge in [-0.1, -0.05) is 12.1 Å². The lowest BCUT2D eigenvalue weighted by Gasteiger charge is -2.56. The van der Waals surface area contributed by atoms with Crippen molar-refractivity contribution in [2.45, 2.75) is 50.5 Å². The summed E-state index contributed by atoms with van der Waals surface area (Å²) in [6.45, 7) is 0. The molecule has 4 saturated carbocycles. The van der Waals surface area contributed by atoms with Crippen molar-refractivity contribution in [3.05, 3.63) is 57.8 Å². The molecule has 2 aromatic rings. The van der Waals surface area contributed by atoms with Gasteiger partial charge in [0.15, 0.2) is 0 Å². The second-order valence-electron chi connectivity index (χ2n) is 9.25. The van der Waals surface area contributed by atoms with Crippen molar-refractivity contribution in [1.29, 1.82) is 0 Å². The Balaban J connectivity index is 1.34. The number of methoxy groups -OCH3 is 1. The number of aromatic nitrogens is 2. The number of aromatic amines is 1. The van der Waals surface area contributed by atoms with Crippen molar-refractivity contribution in [2.75, 3.05) is 7.11 Å². The van der Waals surface area contributed by atoms with Crippen LogP contribution in [-0.2, 0) is 6.42 Å². The standard InChI is InChI=1S/C23H27N3O3/c1-29-18-4-2-14(3-5-18)9-20-24-19(10-21(27)25-20)22(28)26-23-11-15-6-16(12-23)8-17(7-15)13-23/h2-5,10,15-17H,6-9,11-13H2,1H3,(H,26,28)(H,24,25,27). The van der Waals surface area contributed by atoms with Crippen LogP contribution in [-0.4, -0.2) is 28.5 Å². The van der Waals surface area contributed by atoms with Crippen LogP contribution >= 0.6 is 0 Å². The molecule has 4 fully saturated rings. The molecule has 1 heterocycles. The van der Waals surface area contributed by atoms with E-state index in [0.717, 1.165) is 48.3 Å². The fraction of sp³-hybridized carbons (Fsp3) is 0.522. The van der Waals surface area contributed by atoms with Crippen LogP contribution in [0.5, 0.6) is 5.75 Å². The molecule has 152 valence electrons. The van der Waals surface area contributed by atoms with Crippen LogP contribution in [0.4, 0.5) is 0 Å². The van der Waals surface area contributed by atoms with Crippen LogP contribution in [0.3, 0.4) is 0 Å². The summed E-state index contributed by atoms with van der Waals surface area (Å²) in [5.41, 5.74) is 0.825. The Hall–Kier alpha value is -2.63. The normalized spacial score (nSPS) is 29.6. The second kappa shape index (κ2) is 7.01. The highest BCUT2D eigenvalue weighted by Crippen LogP contribution is 2.55. The number of hydrogen-bond donors (Lipinski definition) is 2. The summed E-state index contributed by atoms with van der Waals surface area (Å²) in [5, 5.41) is 3.30. The SMILES string of the molecule is COc1ccc(Cc2nc(C(=O)NC34CC5CC(CC(C5)C3)C4)cc(=O)[nH]2)cc1. The Morgan fingerprint density at radius 1 is 1.14 bits per heavy atom. The molecule has 1 aromatic carbocycles. The number of amides is 1. The fourth-order valence-electron chi connectivity index (χ4n) is 6.21. The summed E-state index contributed by atoms with van der Waals surface area (Å²) >= 11 is 0. The lowest BCUT2D eigenvalue weighted by molar-refractivity contribution is -0.0168. The maximum atomic E-state index is 13.0. The lowest BCUT2D eigenvalue weighted by atomic mass is 9.53. The predicted molar refractivity (Wildman–Crippen MR) is 109 cm³/mol. The molecule has 1 amide bonds. The second-order valence-corrected chi connectivity index (χ2v) is 9.25. The summed E-state index contributed by atoms with van der Waals surface area (Å²) < 4.78 is 5.18. The van der Waals surface area contributed by atoms with Crippen molar-refractivity contribution >= 4 is 5.91 Å². The monoisotopic (exact) mass is 393 g/mol. The predicted octanol–water partition coefficient (Wildman–Crippen LogP) is 3.07. The van der Waals surface area contributed by atoms with Gasteiger partial charge in [-0.2, -0.15) is 0 Å². The summed E-state index contributed by atoms with van der Waals surface area (Å²) in [7, 11) is 1.62. The van der Waals surface area contributed by atoms with Gasteiger partial charge >= 0.3 is 0 Å². The summed E-state index contributed by atoms with van der Waals surface area (Å²) in [4.78, 5) is 32.4. The molecule has 0 spiro atoms. The van der Waals surface area contributed by atoms with E-state index in [0.29, 0.717) is 12.2 Å². The average Bonchev–Trinajstić information content (AvgIpc) is 2.66. The largest absolute Gasteiger partial charge is 0.497 e. The third-order valence-electron chi connectivity index (χ3n) is 6.97. The van der Waals surface area contributed by atoms with Crippen LogP contribution in [0.15, 0.2) is 35.1 Å². The van der Waals surface area contributed by atoms with E-state index in [-0.39, 0.29) is 22.7 Å². The number of benzene rings is 1. The highest BCUT2D eigenvalue weighted by molar-refractivity contribution is 5.92. The Bertz CT molecular complexity index is 944. The van der Waals surface area contributed by atoms with E-state index in [2.05, 4.69) is 15.3 Å². The Morgan fingerprint density at radius 2 is 1.76 bits per heavy atom. The number of carbonyl (C=O) groups is 1. The third-order valence-corrected chi connectivity index (χ3v) is 6.97. The molecule has 2 N–H and O–H groups in total. The van der Waals surface area contributed by atoms with E-state index in [4.69, 9.17) is 4.74 Å². The van der Waals surface area contributed by atoms with Crippen LogP contribution in [0.2, 0.25) is 0 Å². The quantitative estimate of drug-likeness (QED) is 0.818. The number of hydrogen-bond acceptors (Lipinski definition) is 4. The van der Waals surface area contributed by atoms with Crippen LogP contribution in [0.25, 0.3) is 0 Å². The number of nitrogens with zero attached hydrogens (tertiary/aromatic N) is 1. The van der Waals surface area contributed by atoms with Crippen LogP contribution < -0.4 is 15.6 Å². The first kappa shape index (κ1) is 18.4. The van der Waals surface area contributed by atoms with Gasteiger partial charge in [0.1, 0.15) is 17.3 Å². The van der Waals surface area contributed by atoms with Gasteiger partial charge in [-0.05, 0) is 74.0 Å². The maximum absolute atomic E-state index is 13.0. The maximum Gasteiger partial charge on any atom is 0.270 e. The molecule has 6 heteroatoms. The van der Waals surface area contributed by atoms with Gasteiger partial charge in [0.2, 0.25) is 0 Å². The van der Waals surface area contributed by atoms with Crippen molar-refractivity contribution in [2.24, 2.45) is 17.8 Å². The van der Waals surface area contributed by atoms with Crippen molar-refractivity contribution < 1.29 is 9.53 Å². The molecule has 0 radical (unpaired) electrons. The van der Waals surface area contributed by atoms with Gasteiger partial charge in [-0.25, -0.2) is 4.98 Å². The first-order valence-electron chi connectivity index (χ1n) is 10.6. The minimum atomic E-state index is -0.292. The molecule has 0 saturated heterocycles. The molecule has 0 aliphatic heterocycles. The molecule has 4 aliphatic rings. The van der Waals surface area contributed by atoms with E-state index in [1.54, 1.807) is 7.11 Å². The minimum Gasteiger partial charge on any atom is -0.497 e. The van der Waals surface area contributed by atoms with Gasteiger partial charge in [-0.15, -0.1) is 0 Å². The van der Waals surface area contributed by atoms with Crippen molar-refractivity contribution in [1.82, 2.24) is 15.3 Å². The summed E-state index contributed by atoms with van der Waals surface area (Å²) in [5.74, 6) is 3.31. The minimum absolute atomic E-state index is 0.0910. The van der Waals surface area contributed by atoms with Gasteiger partial charge < -0.3 is 15.0 Å². The molecule has 0 unspecified atom stereocenters. The molecule has 29 heavy (non-hydrogen) atoms. The van der Waals surface area contributed by atoms with E-state index in [1.807, 2.05) is 24.3 Å². The van der Waals surface area contributed by atoms with Crippen molar-refractivity contribution in [3.63, 3.8) is 0 Å². The molecular weight excluding hydrogens is 366 g/mol. The first-order valence-corrected chi connectivity index (χ1v) is 10.6. The highest BCUT2D eigenvalue weighted by atomic mass is 16.5. The average molecular weight is 393 g/mol. The molecule has 4 bridgehead atoms. The van der Waals surface area contributed by atoms with E-state index in [9.17, 15) is 9.59 Å². The third kappa shape index (κ3) is 3.68. The van der Waals surface area contributed by atoms with E-state index in [1.165, 1.54) is 25.3 Å². The Labute approximate surface area is 170 Å². The van der Waals surface area contributed by atoms with E-state index < -0.39 is 0 Å². The number of ether oxygens (including phenoxy) is 1. The molecule has 6 rings (SSSR count). The zero-order chi connectivity index (χ0) is 20.0. The van der Waals surface area contributed by atoms with Crippen molar-refractivity contribution in [3.8, 4) is 5.75 Å². The summed E-state index contributed by atoms with van der Waals surface area (Å²) in [6, 6.07) is 8.92. The van der Waals surface area contributed by atoms with Gasteiger partial charge in [-0.3, -0.25) is 9.59 Å². The van der Waals surface area contributed by atoms with Crippen LogP contribution in [0, 0.1) is 17.8 Å². The number of nitrogens with one attached hydrogen (secondary N) is 2. The zero-order valence-corrected chi connectivity index (χ0v) is 16.7.